The first-order valence-corrected chi connectivity index (χ1v) is 6.76. The Bertz CT molecular complexity index is 454. The van der Waals surface area contributed by atoms with Crippen LogP contribution in [0.15, 0.2) is 18.3 Å². The first kappa shape index (κ1) is 16.2. The number of hydrogen-bond donors (Lipinski definition) is 1. The van der Waals surface area contributed by atoms with E-state index in [1.54, 1.807) is 23.2 Å². The topological polar surface area (TPSA) is 65.8 Å². The highest BCUT2D eigenvalue weighted by Gasteiger charge is 2.18. The molecule has 1 amide bonds. The maximum Gasteiger partial charge on any atom is 0.323 e. The van der Waals surface area contributed by atoms with Gasteiger partial charge in [-0.25, -0.2) is 0 Å². The molecule has 0 bridgehead atoms. The predicted molar refractivity (Wildman–Crippen MR) is 76.8 cm³/mol. The van der Waals surface area contributed by atoms with E-state index in [0.29, 0.717) is 18.8 Å². The van der Waals surface area contributed by atoms with E-state index in [1.807, 2.05) is 21.0 Å². The lowest BCUT2D eigenvalue weighted by atomic mass is 10.3. The number of aliphatic carboxylic acids is 1. The molecule has 0 unspecified atom stereocenters. The van der Waals surface area contributed by atoms with Crippen molar-refractivity contribution in [3.63, 3.8) is 0 Å². The van der Waals surface area contributed by atoms with E-state index in [1.165, 1.54) is 4.57 Å². The molecule has 0 radical (unpaired) electrons. The van der Waals surface area contributed by atoms with Crippen LogP contribution in [0.3, 0.4) is 0 Å². The van der Waals surface area contributed by atoms with Gasteiger partial charge in [-0.2, -0.15) is 0 Å². The van der Waals surface area contributed by atoms with Crippen LogP contribution < -0.4 is 0 Å². The van der Waals surface area contributed by atoms with Crippen LogP contribution in [0, 0.1) is 0 Å². The van der Waals surface area contributed by atoms with E-state index in [2.05, 4.69) is 4.90 Å². The van der Waals surface area contributed by atoms with E-state index >= 15 is 0 Å². The van der Waals surface area contributed by atoms with Crippen molar-refractivity contribution < 1.29 is 14.7 Å². The summed E-state index contributed by atoms with van der Waals surface area (Å²) in [5, 5.41) is 8.84. The van der Waals surface area contributed by atoms with Crippen molar-refractivity contribution >= 4 is 11.9 Å². The second-order valence-corrected chi connectivity index (χ2v) is 4.96. The Morgan fingerprint density at radius 3 is 2.55 bits per heavy atom. The quantitative estimate of drug-likeness (QED) is 0.771. The molecule has 0 atom stereocenters. The van der Waals surface area contributed by atoms with Crippen LogP contribution in [-0.4, -0.2) is 65.1 Å². The second-order valence-electron chi connectivity index (χ2n) is 4.96. The van der Waals surface area contributed by atoms with E-state index in [9.17, 15) is 9.59 Å². The molecular formula is C14H23N3O3. The average Bonchev–Trinajstić information content (AvgIpc) is 2.80. The van der Waals surface area contributed by atoms with Gasteiger partial charge in [0.1, 0.15) is 12.2 Å². The van der Waals surface area contributed by atoms with E-state index < -0.39 is 5.97 Å². The zero-order valence-electron chi connectivity index (χ0n) is 12.4. The van der Waals surface area contributed by atoms with Crippen molar-refractivity contribution in [3.8, 4) is 0 Å². The Kier molecular flexibility index (Phi) is 6.24. The highest BCUT2D eigenvalue weighted by molar-refractivity contribution is 5.93. The van der Waals surface area contributed by atoms with Crippen LogP contribution in [0.4, 0.5) is 0 Å². The van der Waals surface area contributed by atoms with Gasteiger partial charge in [-0.15, -0.1) is 0 Å². The number of carbonyl (C=O) groups is 2. The summed E-state index contributed by atoms with van der Waals surface area (Å²) >= 11 is 0. The fourth-order valence-corrected chi connectivity index (χ4v) is 2.03. The summed E-state index contributed by atoms with van der Waals surface area (Å²) in [4.78, 5) is 27.0. The van der Waals surface area contributed by atoms with Gasteiger partial charge in [-0.1, -0.05) is 0 Å². The first-order chi connectivity index (χ1) is 9.45. The molecule has 0 spiro atoms. The van der Waals surface area contributed by atoms with Gasteiger partial charge in [0.25, 0.3) is 5.91 Å². The highest BCUT2D eigenvalue weighted by Crippen LogP contribution is 2.08. The number of carbonyl (C=O) groups excluding carboxylic acids is 1. The van der Waals surface area contributed by atoms with Crippen molar-refractivity contribution in [2.75, 3.05) is 33.7 Å². The average molecular weight is 281 g/mol. The Balaban J connectivity index is 2.70. The van der Waals surface area contributed by atoms with Gasteiger partial charge in [-0.3, -0.25) is 9.59 Å². The third kappa shape index (κ3) is 4.70. The summed E-state index contributed by atoms with van der Waals surface area (Å²) < 4.78 is 1.47. The van der Waals surface area contributed by atoms with Crippen LogP contribution in [0.5, 0.6) is 0 Å². The van der Waals surface area contributed by atoms with E-state index in [-0.39, 0.29) is 12.5 Å². The second kappa shape index (κ2) is 7.69. The number of nitrogens with zero attached hydrogens (tertiary/aromatic N) is 3. The highest BCUT2D eigenvalue weighted by atomic mass is 16.4. The predicted octanol–water partition coefficient (Wildman–Crippen LogP) is 0.986. The fraction of sp³-hybridized carbons (Fsp3) is 0.571. The minimum atomic E-state index is -0.953. The molecule has 0 saturated carbocycles. The third-order valence-corrected chi connectivity index (χ3v) is 3.06. The van der Waals surface area contributed by atoms with Gasteiger partial charge in [0, 0.05) is 19.3 Å². The van der Waals surface area contributed by atoms with Crippen molar-refractivity contribution in [2.24, 2.45) is 0 Å². The van der Waals surface area contributed by atoms with Crippen LogP contribution in [-0.2, 0) is 11.3 Å². The zero-order chi connectivity index (χ0) is 15.1. The van der Waals surface area contributed by atoms with Gasteiger partial charge < -0.3 is 19.5 Å². The molecule has 0 saturated heterocycles. The van der Waals surface area contributed by atoms with Crippen molar-refractivity contribution in [1.29, 1.82) is 0 Å². The van der Waals surface area contributed by atoms with Crippen molar-refractivity contribution in [1.82, 2.24) is 14.4 Å². The molecule has 0 aliphatic carbocycles. The van der Waals surface area contributed by atoms with Gasteiger partial charge in [0.15, 0.2) is 0 Å². The molecule has 0 aromatic carbocycles. The molecule has 1 aromatic heterocycles. The molecular weight excluding hydrogens is 258 g/mol. The lowest BCUT2D eigenvalue weighted by Crippen LogP contribution is -2.34. The number of carboxylic acid groups (broad SMARTS) is 1. The maximum absolute atomic E-state index is 12.4. The fourth-order valence-electron chi connectivity index (χ4n) is 2.03. The molecule has 1 rings (SSSR count). The van der Waals surface area contributed by atoms with Gasteiger partial charge in [0.05, 0.1) is 0 Å². The summed E-state index contributed by atoms with van der Waals surface area (Å²) in [5.41, 5.74) is 0.430. The van der Waals surface area contributed by atoms with Crippen LogP contribution in [0.25, 0.3) is 0 Å². The summed E-state index contributed by atoms with van der Waals surface area (Å²) in [6.07, 6.45) is 2.52. The van der Waals surface area contributed by atoms with Crippen LogP contribution >= 0.6 is 0 Å². The van der Waals surface area contributed by atoms with Gasteiger partial charge >= 0.3 is 5.97 Å². The summed E-state index contributed by atoms with van der Waals surface area (Å²) in [6.45, 7) is 3.94. The largest absolute Gasteiger partial charge is 0.480 e. The normalized spacial score (nSPS) is 10.8. The molecule has 1 aromatic rings. The summed E-state index contributed by atoms with van der Waals surface area (Å²) in [6, 6.07) is 3.36. The molecule has 112 valence electrons. The Labute approximate surface area is 119 Å². The van der Waals surface area contributed by atoms with Gasteiger partial charge in [0.2, 0.25) is 0 Å². The molecule has 0 aliphatic heterocycles. The molecule has 0 fully saturated rings. The number of carboxylic acids is 1. The standard InChI is InChI=1S/C14H23N3O3/c1-4-16(10-6-8-15(2)3)14(20)12-7-5-9-17(12)11-13(18)19/h5,7,9H,4,6,8,10-11H2,1-3H3,(H,18,19). The van der Waals surface area contributed by atoms with Crippen molar-refractivity contribution in [3.05, 3.63) is 24.0 Å². The molecule has 1 N–H and O–H groups in total. The molecule has 1 heterocycles. The SMILES string of the molecule is CCN(CCCN(C)C)C(=O)c1cccn1CC(=O)O. The maximum atomic E-state index is 12.4. The number of aromatic nitrogens is 1. The number of rotatable bonds is 8. The van der Waals surface area contributed by atoms with Crippen molar-refractivity contribution in [2.45, 2.75) is 19.9 Å². The molecule has 0 aliphatic rings. The minimum absolute atomic E-state index is 0.113. The lowest BCUT2D eigenvalue weighted by molar-refractivity contribution is -0.137. The Morgan fingerprint density at radius 1 is 1.30 bits per heavy atom. The summed E-state index contributed by atoms with van der Waals surface area (Å²) in [7, 11) is 3.99. The third-order valence-electron chi connectivity index (χ3n) is 3.06. The number of hydrogen-bond acceptors (Lipinski definition) is 3. The Hall–Kier alpha value is -1.82. The van der Waals surface area contributed by atoms with Crippen LogP contribution in [0.1, 0.15) is 23.8 Å². The monoisotopic (exact) mass is 281 g/mol. The zero-order valence-corrected chi connectivity index (χ0v) is 12.4. The number of amides is 1. The van der Waals surface area contributed by atoms with E-state index in [0.717, 1.165) is 13.0 Å². The molecule has 6 nitrogen and oxygen atoms in total. The van der Waals surface area contributed by atoms with Crippen LogP contribution in [0.2, 0.25) is 0 Å². The minimum Gasteiger partial charge on any atom is -0.480 e. The lowest BCUT2D eigenvalue weighted by Gasteiger charge is -2.22. The molecule has 20 heavy (non-hydrogen) atoms. The van der Waals surface area contributed by atoms with E-state index in [4.69, 9.17) is 5.11 Å². The smallest absolute Gasteiger partial charge is 0.323 e. The Morgan fingerprint density at radius 2 is 2.00 bits per heavy atom. The summed E-state index contributed by atoms with van der Waals surface area (Å²) in [5.74, 6) is -1.07. The molecule has 6 heteroatoms. The first-order valence-electron chi connectivity index (χ1n) is 6.76. The van der Waals surface area contributed by atoms with Gasteiger partial charge in [-0.05, 0) is 46.1 Å².